The Hall–Kier alpha value is -1.39. The molecule has 1 aliphatic rings. The van der Waals surface area contributed by atoms with Gasteiger partial charge in [0, 0.05) is 0 Å². The van der Waals surface area contributed by atoms with Crippen molar-refractivity contribution in [2.45, 2.75) is 106 Å². The van der Waals surface area contributed by atoms with Crippen LogP contribution in [0.15, 0.2) is 12.5 Å². The van der Waals surface area contributed by atoms with Gasteiger partial charge in [0.15, 0.2) is 0 Å². The van der Waals surface area contributed by atoms with Gasteiger partial charge in [-0.1, -0.05) is 48.5 Å². The molecule has 0 N–H and O–H groups in total. The Balaban J connectivity index is 2.22. The van der Waals surface area contributed by atoms with E-state index in [2.05, 4.69) is 59.9 Å². The minimum atomic E-state index is -0.864. The van der Waals surface area contributed by atoms with Gasteiger partial charge in [-0.3, -0.25) is 0 Å². The molecule has 0 spiro atoms. The van der Waals surface area contributed by atoms with Crippen molar-refractivity contribution in [2.24, 2.45) is 22.7 Å². The van der Waals surface area contributed by atoms with Crippen molar-refractivity contribution >= 4 is 6.16 Å². The number of rotatable bonds is 8. The van der Waals surface area contributed by atoms with Gasteiger partial charge in [-0.05, 0) is 74.7 Å². The van der Waals surface area contributed by atoms with E-state index < -0.39 is 6.16 Å². The lowest BCUT2D eigenvalue weighted by atomic mass is 9.72. The molecule has 5 nitrogen and oxygen atoms in total. The Morgan fingerprint density at radius 3 is 2.04 bits per heavy atom. The fraction of sp³-hybridized carbons (Fsp3) is 0.870. The number of ether oxygens (including phenoxy) is 2. The van der Waals surface area contributed by atoms with Gasteiger partial charge in [0.25, 0.3) is 0 Å². The highest BCUT2D eigenvalue weighted by Gasteiger charge is 2.31. The van der Waals surface area contributed by atoms with Crippen LogP contribution in [-0.2, 0) is 19.2 Å². The van der Waals surface area contributed by atoms with Crippen molar-refractivity contribution in [3.8, 4) is 0 Å². The van der Waals surface area contributed by atoms with E-state index in [9.17, 15) is 4.79 Å². The van der Waals surface area contributed by atoms with Gasteiger partial charge >= 0.3 is 12.1 Å². The number of carbonyl (C=O) groups excluding carboxylic acids is 1. The molecule has 5 heteroatoms. The summed E-state index contributed by atoms with van der Waals surface area (Å²) < 4.78 is 10.9. The van der Waals surface area contributed by atoms with Crippen molar-refractivity contribution < 1.29 is 24.0 Å². The molecule has 1 fully saturated rings. The summed E-state index contributed by atoms with van der Waals surface area (Å²) in [6.07, 6.45) is 4.87. The standard InChI is InChI=1S/C23H42O5/c1-16(22(4,5)6)10-11-17(2)25-21(24)28-27-18(3)26-20-14-12-19(13-15-20)23(7,8)9/h16-17,19-20H,3,10-15H2,1-2,4-9H3. The van der Waals surface area contributed by atoms with Gasteiger partial charge in [0.2, 0.25) is 0 Å². The first kappa shape index (κ1) is 24.6. The highest BCUT2D eigenvalue weighted by atomic mass is 17.2. The van der Waals surface area contributed by atoms with Crippen LogP contribution in [0.5, 0.6) is 0 Å². The molecule has 0 amide bonds. The van der Waals surface area contributed by atoms with Crippen LogP contribution in [0.1, 0.15) is 93.9 Å². The molecule has 2 atom stereocenters. The second kappa shape index (κ2) is 10.4. The monoisotopic (exact) mass is 398 g/mol. The molecular weight excluding hydrogens is 356 g/mol. The normalized spacial score (nSPS) is 22.7. The highest BCUT2D eigenvalue weighted by Crippen LogP contribution is 2.38. The lowest BCUT2D eigenvalue weighted by Crippen LogP contribution is -2.29. The van der Waals surface area contributed by atoms with Crippen molar-refractivity contribution in [3.05, 3.63) is 12.5 Å². The third-order valence-corrected chi connectivity index (χ3v) is 6.18. The maximum atomic E-state index is 11.8. The third kappa shape index (κ3) is 9.20. The molecule has 0 bridgehead atoms. The summed E-state index contributed by atoms with van der Waals surface area (Å²) in [5.41, 5.74) is 0.567. The van der Waals surface area contributed by atoms with E-state index in [1.807, 2.05) is 6.92 Å². The van der Waals surface area contributed by atoms with Crippen LogP contribution in [0.2, 0.25) is 0 Å². The maximum Gasteiger partial charge on any atom is 0.550 e. The van der Waals surface area contributed by atoms with Crippen LogP contribution in [0.4, 0.5) is 4.79 Å². The van der Waals surface area contributed by atoms with Crippen molar-refractivity contribution in [1.29, 1.82) is 0 Å². The summed E-state index contributed by atoms with van der Waals surface area (Å²) in [6, 6.07) is 0. The topological polar surface area (TPSA) is 54.0 Å². The Kier molecular flexibility index (Phi) is 9.16. The Labute approximate surface area is 172 Å². The zero-order chi connectivity index (χ0) is 21.5. The van der Waals surface area contributed by atoms with E-state index >= 15 is 0 Å². The number of hydrogen-bond acceptors (Lipinski definition) is 5. The molecule has 0 saturated heterocycles. The Morgan fingerprint density at radius 2 is 1.54 bits per heavy atom. The summed E-state index contributed by atoms with van der Waals surface area (Å²) in [7, 11) is 0. The van der Waals surface area contributed by atoms with Gasteiger partial charge in [-0.15, -0.1) is 0 Å². The molecule has 1 saturated carbocycles. The van der Waals surface area contributed by atoms with Crippen LogP contribution in [0, 0.1) is 22.7 Å². The van der Waals surface area contributed by atoms with Gasteiger partial charge in [0.1, 0.15) is 12.2 Å². The molecule has 28 heavy (non-hydrogen) atoms. The number of hydrogen-bond donors (Lipinski definition) is 0. The number of carbonyl (C=O) groups is 1. The average molecular weight is 399 g/mol. The van der Waals surface area contributed by atoms with Crippen LogP contribution in [-0.4, -0.2) is 18.4 Å². The molecule has 1 rings (SSSR count). The van der Waals surface area contributed by atoms with Crippen LogP contribution in [0.3, 0.4) is 0 Å². The van der Waals surface area contributed by atoms with Crippen molar-refractivity contribution in [1.82, 2.24) is 0 Å². The van der Waals surface area contributed by atoms with Crippen LogP contribution < -0.4 is 0 Å². The second-order valence-corrected chi connectivity index (χ2v) is 10.5. The second-order valence-electron chi connectivity index (χ2n) is 10.5. The summed E-state index contributed by atoms with van der Waals surface area (Å²) in [6.45, 7) is 21.2. The minimum Gasteiger partial charge on any atom is -0.460 e. The van der Waals surface area contributed by atoms with Gasteiger partial charge in [-0.25, -0.2) is 9.78 Å². The largest absolute Gasteiger partial charge is 0.550 e. The van der Waals surface area contributed by atoms with Crippen molar-refractivity contribution in [3.63, 3.8) is 0 Å². The third-order valence-electron chi connectivity index (χ3n) is 6.18. The molecule has 0 radical (unpaired) electrons. The van der Waals surface area contributed by atoms with E-state index in [-0.39, 0.29) is 23.6 Å². The summed E-state index contributed by atoms with van der Waals surface area (Å²) in [5.74, 6) is 1.24. The van der Waals surface area contributed by atoms with E-state index in [4.69, 9.17) is 14.4 Å². The maximum absolute atomic E-state index is 11.8. The van der Waals surface area contributed by atoms with Gasteiger partial charge in [0.05, 0.1) is 0 Å². The smallest absolute Gasteiger partial charge is 0.460 e. The molecule has 164 valence electrons. The van der Waals surface area contributed by atoms with Crippen LogP contribution >= 0.6 is 0 Å². The molecule has 0 aromatic heterocycles. The molecular formula is C23H42O5. The SMILES string of the molecule is C=C(OOC(=O)OC(C)CCC(C)C(C)(C)C)OC1CCC(C(C)(C)C)CC1. The van der Waals surface area contributed by atoms with Crippen molar-refractivity contribution in [2.75, 3.05) is 0 Å². The summed E-state index contributed by atoms with van der Waals surface area (Å²) >= 11 is 0. The zero-order valence-corrected chi connectivity index (χ0v) is 19.3. The first-order valence-electron chi connectivity index (χ1n) is 10.7. The lowest BCUT2D eigenvalue weighted by molar-refractivity contribution is -0.264. The summed E-state index contributed by atoms with van der Waals surface area (Å²) in [5, 5.41) is 0. The van der Waals surface area contributed by atoms with E-state index in [0.717, 1.165) is 38.5 Å². The van der Waals surface area contributed by atoms with E-state index in [1.165, 1.54) is 0 Å². The van der Waals surface area contributed by atoms with Gasteiger partial charge in [-0.2, -0.15) is 4.79 Å². The predicted molar refractivity (Wildman–Crippen MR) is 111 cm³/mol. The molecule has 0 heterocycles. The van der Waals surface area contributed by atoms with E-state index in [0.29, 0.717) is 17.3 Å². The molecule has 0 aliphatic heterocycles. The quantitative estimate of drug-likeness (QED) is 0.190. The Morgan fingerprint density at radius 1 is 0.964 bits per heavy atom. The average Bonchev–Trinajstić information content (AvgIpc) is 2.56. The first-order chi connectivity index (χ1) is 12.8. The fourth-order valence-corrected chi connectivity index (χ4v) is 3.49. The molecule has 2 unspecified atom stereocenters. The molecule has 0 aromatic carbocycles. The lowest BCUT2D eigenvalue weighted by Gasteiger charge is -2.36. The highest BCUT2D eigenvalue weighted by molar-refractivity contribution is 5.59. The zero-order valence-electron chi connectivity index (χ0n) is 19.3. The Bertz CT molecular complexity index is 492. The first-order valence-corrected chi connectivity index (χ1v) is 10.7. The predicted octanol–water partition coefficient (Wildman–Crippen LogP) is 7.01. The molecule has 1 aliphatic carbocycles. The van der Waals surface area contributed by atoms with E-state index in [1.54, 1.807) is 0 Å². The fourth-order valence-electron chi connectivity index (χ4n) is 3.49. The van der Waals surface area contributed by atoms with Gasteiger partial charge < -0.3 is 9.47 Å². The molecule has 0 aromatic rings. The van der Waals surface area contributed by atoms with Crippen LogP contribution in [0.25, 0.3) is 0 Å². The minimum absolute atomic E-state index is 0.00478. The summed E-state index contributed by atoms with van der Waals surface area (Å²) in [4.78, 5) is 21.3.